The van der Waals surface area contributed by atoms with Crippen LogP contribution in [0.3, 0.4) is 0 Å². The van der Waals surface area contributed by atoms with Crippen LogP contribution in [0.25, 0.3) is 39.1 Å². The van der Waals surface area contributed by atoms with Gasteiger partial charge in [-0.2, -0.15) is 0 Å². The molecule has 0 atom stereocenters. The maximum Gasteiger partial charge on any atom is 0.142 e. The van der Waals surface area contributed by atoms with Crippen LogP contribution in [-0.2, 0) is 5.41 Å². The molecule has 7 heteroatoms. The normalized spacial score (nSPS) is 12.4. The van der Waals surface area contributed by atoms with Crippen LogP contribution in [0, 0.1) is 0 Å². The third-order valence-electron chi connectivity index (χ3n) is 8.32. The van der Waals surface area contributed by atoms with Crippen molar-refractivity contribution in [1.82, 2.24) is 28.5 Å². The van der Waals surface area contributed by atoms with E-state index in [4.69, 9.17) is 14.7 Å². The molecule has 5 heterocycles. The van der Waals surface area contributed by atoms with E-state index in [1.165, 1.54) is 16.6 Å². The number of aromatic nitrogens is 6. The van der Waals surface area contributed by atoms with Crippen molar-refractivity contribution in [2.75, 3.05) is 0 Å². The molecule has 7 aromatic rings. The van der Waals surface area contributed by atoms with Crippen molar-refractivity contribution in [2.24, 2.45) is 0 Å². The Kier molecular flexibility index (Phi) is 6.57. The van der Waals surface area contributed by atoms with Crippen LogP contribution in [0.5, 0.6) is 11.5 Å². The molecule has 44 heavy (non-hydrogen) atoms. The van der Waals surface area contributed by atoms with Gasteiger partial charge in [0.05, 0.1) is 22.4 Å². The summed E-state index contributed by atoms with van der Waals surface area (Å²) in [7, 11) is 0. The first kappa shape index (κ1) is 27.9. The fraction of sp³-hybridized carbons (Fsp3) is 0.270. The Balaban J connectivity index is 1.40. The number of ether oxygens (including phenoxy) is 1. The van der Waals surface area contributed by atoms with Crippen molar-refractivity contribution in [3.05, 3.63) is 109 Å². The molecule has 0 unspecified atom stereocenters. The highest BCUT2D eigenvalue weighted by molar-refractivity contribution is 6.09. The van der Waals surface area contributed by atoms with Gasteiger partial charge in [0.2, 0.25) is 0 Å². The number of rotatable bonds is 6. The van der Waals surface area contributed by atoms with E-state index < -0.39 is 0 Å². The van der Waals surface area contributed by atoms with Crippen LogP contribution < -0.4 is 4.74 Å². The Morgan fingerprint density at radius 3 is 2.30 bits per heavy atom. The Morgan fingerprint density at radius 2 is 1.57 bits per heavy atom. The van der Waals surface area contributed by atoms with E-state index in [2.05, 4.69) is 117 Å². The Morgan fingerprint density at radius 1 is 0.773 bits per heavy atom. The molecule has 0 bridgehead atoms. The largest absolute Gasteiger partial charge is 0.457 e. The summed E-state index contributed by atoms with van der Waals surface area (Å²) in [5.41, 5.74) is 6.58. The van der Waals surface area contributed by atoms with Crippen molar-refractivity contribution in [3.8, 4) is 23.1 Å². The predicted molar refractivity (Wildman–Crippen MR) is 178 cm³/mol. The number of fused-ring (bicyclic) bond motifs is 4. The van der Waals surface area contributed by atoms with Crippen LogP contribution in [0.15, 0.2) is 91.6 Å². The second kappa shape index (κ2) is 10.4. The van der Waals surface area contributed by atoms with Crippen molar-refractivity contribution < 1.29 is 4.74 Å². The lowest BCUT2D eigenvalue weighted by Crippen LogP contribution is -2.12. The number of para-hydroxylation sites is 1. The monoisotopic (exact) mass is 582 g/mol. The molecule has 5 aromatic heterocycles. The van der Waals surface area contributed by atoms with Crippen molar-refractivity contribution in [1.29, 1.82) is 0 Å². The maximum absolute atomic E-state index is 6.65. The minimum atomic E-state index is 0.00796. The molecule has 0 saturated carbocycles. The van der Waals surface area contributed by atoms with Gasteiger partial charge in [-0.1, -0.05) is 66.7 Å². The highest BCUT2D eigenvalue weighted by atomic mass is 16.5. The third-order valence-corrected chi connectivity index (χ3v) is 8.32. The molecule has 0 radical (unpaired) electrons. The number of hydrogen-bond acceptors (Lipinski definition) is 4. The SMILES string of the molecule is CC(C)c1nc2cc(Oc3ccc4c5ccccc5n(-c5cc(C(C)(C)C)ccn5)c4c3)cc(-n3ccnc3)n2c1C(C)C. The molecule has 0 amide bonds. The minimum Gasteiger partial charge on any atom is -0.457 e. The molecule has 0 fully saturated rings. The van der Waals surface area contributed by atoms with Crippen molar-refractivity contribution in [2.45, 2.75) is 65.7 Å². The number of nitrogens with zero attached hydrogens (tertiary/aromatic N) is 6. The van der Waals surface area contributed by atoms with Crippen molar-refractivity contribution in [3.63, 3.8) is 0 Å². The van der Waals surface area contributed by atoms with E-state index in [0.29, 0.717) is 17.6 Å². The quantitative estimate of drug-likeness (QED) is 0.196. The summed E-state index contributed by atoms with van der Waals surface area (Å²) in [5, 5.41) is 2.34. The summed E-state index contributed by atoms with van der Waals surface area (Å²) in [6.07, 6.45) is 7.48. The zero-order valence-corrected chi connectivity index (χ0v) is 26.4. The van der Waals surface area contributed by atoms with Gasteiger partial charge in [0.25, 0.3) is 0 Å². The van der Waals surface area contributed by atoms with Gasteiger partial charge in [-0.15, -0.1) is 0 Å². The molecular weight excluding hydrogens is 544 g/mol. The number of benzene rings is 2. The van der Waals surface area contributed by atoms with E-state index in [9.17, 15) is 0 Å². The molecule has 0 saturated heterocycles. The van der Waals surface area contributed by atoms with Crippen LogP contribution in [0.1, 0.15) is 77.3 Å². The van der Waals surface area contributed by atoms with Gasteiger partial charge in [-0.25, -0.2) is 15.0 Å². The first-order valence-corrected chi connectivity index (χ1v) is 15.3. The van der Waals surface area contributed by atoms with Gasteiger partial charge < -0.3 is 4.74 Å². The fourth-order valence-electron chi connectivity index (χ4n) is 6.19. The first-order chi connectivity index (χ1) is 21.1. The van der Waals surface area contributed by atoms with E-state index >= 15 is 0 Å². The zero-order valence-electron chi connectivity index (χ0n) is 26.4. The van der Waals surface area contributed by atoms with Crippen molar-refractivity contribution >= 4 is 27.5 Å². The van der Waals surface area contributed by atoms with E-state index in [1.54, 1.807) is 6.20 Å². The molecule has 2 aromatic carbocycles. The Bertz CT molecular complexity index is 2140. The average molecular weight is 583 g/mol. The molecule has 0 aliphatic rings. The van der Waals surface area contributed by atoms with Gasteiger partial charge in [0, 0.05) is 47.6 Å². The molecule has 7 rings (SSSR count). The van der Waals surface area contributed by atoms with Gasteiger partial charge in [-0.05, 0) is 53.1 Å². The average Bonchev–Trinajstić information content (AvgIpc) is 3.73. The van der Waals surface area contributed by atoms with E-state index in [-0.39, 0.29) is 5.41 Å². The molecule has 0 N–H and O–H groups in total. The Hall–Kier alpha value is -4.91. The Labute approximate surface area is 257 Å². The summed E-state index contributed by atoms with van der Waals surface area (Å²) in [6, 6.07) is 23.2. The second-order valence-electron chi connectivity index (χ2n) is 13.2. The molecular formula is C37H38N6O. The topological polar surface area (TPSA) is 62.2 Å². The maximum atomic E-state index is 6.65. The number of imidazole rings is 2. The molecule has 0 aliphatic heterocycles. The predicted octanol–water partition coefficient (Wildman–Crippen LogP) is 9.35. The molecule has 7 nitrogen and oxygen atoms in total. The summed E-state index contributed by atoms with van der Waals surface area (Å²) < 4.78 is 13.1. The number of pyridine rings is 2. The van der Waals surface area contributed by atoms with Gasteiger partial charge in [0.15, 0.2) is 0 Å². The first-order valence-electron chi connectivity index (χ1n) is 15.3. The van der Waals surface area contributed by atoms with Gasteiger partial charge in [0.1, 0.15) is 35.1 Å². The molecule has 222 valence electrons. The lowest BCUT2D eigenvalue weighted by atomic mass is 9.88. The standard InChI is InChI=1S/C37H38N6O/c1-23(2)35-36(24(3)4)43-33(40-35)20-27(21-34(43)41-17-16-38-22-41)44-26-12-13-29-28-10-8-9-11-30(28)42(31(29)19-26)32-18-25(14-15-39-32)37(5,6)7/h8-24H,1-7H3. The fourth-order valence-corrected chi connectivity index (χ4v) is 6.19. The summed E-state index contributed by atoms with van der Waals surface area (Å²) in [4.78, 5) is 14.3. The molecule has 0 aliphatic carbocycles. The third kappa shape index (κ3) is 4.64. The summed E-state index contributed by atoms with van der Waals surface area (Å²) >= 11 is 0. The summed E-state index contributed by atoms with van der Waals surface area (Å²) in [5.74, 6) is 3.88. The number of hydrogen-bond donors (Lipinski definition) is 0. The minimum absolute atomic E-state index is 0.00796. The second-order valence-corrected chi connectivity index (χ2v) is 13.2. The van der Waals surface area contributed by atoms with E-state index in [0.717, 1.165) is 45.1 Å². The smallest absolute Gasteiger partial charge is 0.142 e. The zero-order chi connectivity index (χ0) is 30.7. The highest BCUT2D eigenvalue weighted by Gasteiger charge is 2.22. The highest BCUT2D eigenvalue weighted by Crippen LogP contribution is 2.37. The summed E-state index contributed by atoms with van der Waals surface area (Å²) in [6.45, 7) is 15.5. The van der Waals surface area contributed by atoms with Crippen LogP contribution in [0.2, 0.25) is 0 Å². The van der Waals surface area contributed by atoms with E-state index in [1.807, 2.05) is 35.4 Å². The van der Waals surface area contributed by atoms with Crippen LogP contribution in [0.4, 0.5) is 0 Å². The van der Waals surface area contributed by atoms with Gasteiger partial charge >= 0.3 is 0 Å². The lowest BCUT2D eigenvalue weighted by Gasteiger charge is -2.20. The van der Waals surface area contributed by atoms with Crippen LogP contribution >= 0.6 is 0 Å². The van der Waals surface area contributed by atoms with Crippen LogP contribution in [-0.4, -0.2) is 28.5 Å². The lowest BCUT2D eigenvalue weighted by molar-refractivity contribution is 0.482. The molecule has 0 spiro atoms. The van der Waals surface area contributed by atoms with Gasteiger partial charge in [-0.3, -0.25) is 13.5 Å².